The highest BCUT2D eigenvalue weighted by Crippen LogP contribution is 2.35. The molecule has 1 aliphatic rings. The first-order valence-electron chi connectivity index (χ1n) is 6.70. The topological polar surface area (TPSA) is 64.3 Å². The molecule has 1 amide bonds. The van der Waals surface area contributed by atoms with E-state index in [-0.39, 0.29) is 30.3 Å². The van der Waals surface area contributed by atoms with Crippen molar-refractivity contribution in [2.24, 2.45) is 5.92 Å². The molecule has 116 valence electrons. The van der Waals surface area contributed by atoms with Gasteiger partial charge in [0.05, 0.1) is 18.6 Å². The predicted octanol–water partition coefficient (Wildman–Crippen LogP) is 3.04. The number of nitrogen functional groups attached to an aromatic ring is 1. The number of nitrogens with one attached hydrogen (secondary N) is 1. The van der Waals surface area contributed by atoms with Crippen LogP contribution in [0.2, 0.25) is 0 Å². The number of carbonyl (C=O) groups is 1. The maximum absolute atomic E-state index is 12.7. The number of hydrogen-bond donors (Lipinski definition) is 2. The van der Waals surface area contributed by atoms with Crippen LogP contribution in [0.1, 0.15) is 24.8 Å². The van der Waals surface area contributed by atoms with Gasteiger partial charge in [-0.1, -0.05) is 0 Å². The van der Waals surface area contributed by atoms with Gasteiger partial charge in [0.2, 0.25) is 5.91 Å². The Morgan fingerprint density at radius 3 is 2.71 bits per heavy atom. The average Bonchev–Trinajstić information content (AvgIpc) is 3.20. The minimum Gasteiger partial charge on any atom is -0.398 e. The molecule has 1 aromatic carbocycles. The summed E-state index contributed by atoms with van der Waals surface area (Å²) in [5, 5.41) is 2.41. The Bertz CT molecular complexity index is 513. The number of alkyl halides is 3. The third-order valence-electron chi connectivity index (χ3n) is 3.17. The molecule has 7 heteroatoms. The number of nitrogens with two attached hydrogens (primary N) is 1. The summed E-state index contributed by atoms with van der Waals surface area (Å²) in [6, 6.07) is 3.30. The smallest absolute Gasteiger partial charge is 0.398 e. The van der Waals surface area contributed by atoms with Gasteiger partial charge in [-0.3, -0.25) is 4.79 Å². The molecular weight excluding hydrogens is 285 g/mol. The number of benzene rings is 1. The molecular formula is C14H17F3N2O2. The van der Waals surface area contributed by atoms with Crippen molar-refractivity contribution in [1.29, 1.82) is 0 Å². The zero-order valence-electron chi connectivity index (χ0n) is 11.4. The van der Waals surface area contributed by atoms with E-state index in [4.69, 9.17) is 10.5 Å². The molecule has 3 N–H and O–H groups in total. The summed E-state index contributed by atoms with van der Waals surface area (Å²) in [6.45, 7) is 0.913. The Morgan fingerprint density at radius 2 is 2.10 bits per heavy atom. The normalized spacial score (nSPS) is 15.0. The van der Waals surface area contributed by atoms with Crippen molar-refractivity contribution < 1.29 is 22.7 Å². The second kappa shape index (κ2) is 6.34. The van der Waals surface area contributed by atoms with Crippen LogP contribution in [-0.4, -0.2) is 19.1 Å². The van der Waals surface area contributed by atoms with E-state index in [9.17, 15) is 18.0 Å². The summed E-state index contributed by atoms with van der Waals surface area (Å²) in [6.07, 6.45) is -2.10. The highest BCUT2D eigenvalue weighted by atomic mass is 19.4. The molecule has 0 unspecified atom stereocenters. The van der Waals surface area contributed by atoms with Gasteiger partial charge in [-0.15, -0.1) is 0 Å². The van der Waals surface area contributed by atoms with E-state index in [0.717, 1.165) is 25.0 Å². The van der Waals surface area contributed by atoms with Gasteiger partial charge in [-0.25, -0.2) is 0 Å². The van der Waals surface area contributed by atoms with Crippen molar-refractivity contribution in [3.05, 3.63) is 23.8 Å². The van der Waals surface area contributed by atoms with Crippen LogP contribution in [0.5, 0.6) is 0 Å². The highest BCUT2D eigenvalue weighted by Gasteiger charge is 2.33. The lowest BCUT2D eigenvalue weighted by Gasteiger charge is -2.12. The third-order valence-corrected chi connectivity index (χ3v) is 3.17. The fourth-order valence-electron chi connectivity index (χ4n) is 1.80. The van der Waals surface area contributed by atoms with Gasteiger partial charge in [0, 0.05) is 18.0 Å². The molecule has 4 nitrogen and oxygen atoms in total. The second-order valence-corrected chi connectivity index (χ2v) is 5.12. The molecule has 0 heterocycles. The summed E-state index contributed by atoms with van der Waals surface area (Å²) in [5.41, 5.74) is 4.04. The minimum absolute atomic E-state index is 0.0729. The summed E-state index contributed by atoms with van der Waals surface area (Å²) >= 11 is 0. The third kappa shape index (κ3) is 4.93. The summed E-state index contributed by atoms with van der Waals surface area (Å²) in [5.74, 6) is 0.225. The summed E-state index contributed by atoms with van der Waals surface area (Å²) in [4.78, 5) is 11.6. The fourth-order valence-corrected chi connectivity index (χ4v) is 1.80. The van der Waals surface area contributed by atoms with Crippen molar-refractivity contribution >= 4 is 17.3 Å². The van der Waals surface area contributed by atoms with E-state index in [0.29, 0.717) is 12.5 Å². The van der Waals surface area contributed by atoms with Crippen molar-refractivity contribution in [3.8, 4) is 0 Å². The van der Waals surface area contributed by atoms with E-state index in [1.807, 2.05) is 0 Å². The molecule has 0 bridgehead atoms. The molecule has 1 saturated carbocycles. The highest BCUT2D eigenvalue weighted by molar-refractivity contribution is 5.91. The molecule has 0 spiro atoms. The Kier molecular flexibility index (Phi) is 4.72. The number of ether oxygens (including phenoxy) is 1. The molecule has 0 radical (unpaired) electrons. The quantitative estimate of drug-likeness (QED) is 0.627. The molecule has 2 rings (SSSR count). The lowest BCUT2D eigenvalue weighted by Crippen LogP contribution is -2.16. The molecule has 0 aromatic heterocycles. The molecule has 21 heavy (non-hydrogen) atoms. The Balaban J connectivity index is 1.85. The monoisotopic (exact) mass is 302 g/mol. The molecule has 1 aliphatic carbocycles. The van der Waals surface area contributed by atoms with Crippen LogP contribution in [0.25, 0.3) is 0 Å². The Labute approximate surface area is 120 Å². The van der Waals surface area contributed by atoms with Gasteiger partial charge in [0.25, 0.3) is 0 Å². The zero-order valence-corrected chi connectivity index (χ0v) is 11.4. The van der Waals surface area contributed by atoms with Crippen molar-refractivity contribution in [1.82, 2.24) is 0 Å². The van der Waals surface area contributed by atoms with Crippen molar-refractivity contribution in [2.45, 2.75) is 25.4 Å². The zero-order chi connectivity index (χ0) is 15.5. The van der Waals surface area contributed by atoms with E-state index in [1.165, 1.54) is 6.07 Å². The number of hydrogen-bond acceptors (Lipinski definition) is 3. The average molecular weight is 302 g/mol. The van der Waals surface area contributed by atoms with Gasteiger partial charge in [-0.05, 0) is 37.0 Å². The first-order valence-corrected chi connectivity index (χ1v) is 6.70. The molecule has 1 fully saturated rings. The van der Waals surface area contributed by atoms with Crippen LogP contribution >= 0.6 is 0 Å². The van der Waals surface area contributed by atoms with E-state index in [1.54, 1.807) is 0 Å². The van der Waals surface area contributed by atoms with Gasteiger partial charge in [0.1, 0.15) is 0 Å². The standard InChI is InChI=1S/C14H17F3N2O2/c15-14(16,17)11-7-10(3-4-12(11)18)19-13(20)5-6-21-8-9-1-2-9/h3-4,7,9H,1-2,5-6,8,18H2,(H,19,20). The molecule has 0 atom stereocenters. The van der Waals surface area contributed by atoms with Gasteiger partial charge in [-0.2, -0.15) is 13.2 Å². The number of halogens is 3. The lowest BCUT2D eigenvalue weighted by atomic mass is 10.1. The van der Waals surface area contributed by atoms with Crippen LogP contribution < -0.4 is 11.1 Å². The number of carbonyl (C=O) groups excluding carboxylic acids is 1. The van der Waals surface area contributed by atoms with Gasteiger partial charge < -0.3 is 15.8 Å². The molecule has 1 aromatic rings. The maximum atomic E-state index is 12.7. The van der Waals surface area contributed by atoms with Crippen LogP contribution in [-0.2, 0) is 15.7 Å². The lowest BCUT2D eigenvalue weighted by molar-refractivity contribution is -0.137. The number of anilines is 2. The second-order valence-electron chi connectivity index (χ2n) is 5.12. The van der Waals surface area contributed by atoms with Gasteiger partial charge in [0.15, 0.2) is 0 Å². The van der Waals surface area contributed by atoms with Crippen LogP contribution in [0.15, 0.2) is 18.2 Å². The SMILES string of the molecule is Nc1ccc(NC(=O)CCOCC2CC2)cc1C(F)(F)F. The maximum Gasteiger partial charge on any atom is 0.418 e. The first kappa shape index (κ1) is 15.6. The summed E-state index contributed by atoms with van der Waals surface area (Å²) < 4.78 is 43.4. The van der Waals surface area contributed by atoms with E-state index in [2.05, 4.69) is 5.32 Å². The van der Waals surface area contributed by atoms with Crippen LogP contribution in [0.3, 0.4) is 0 Å². The Hall–Kier alpha value is -1.76. The Morgan fingerprint density at radius 1 is 1.38 bits per heavy atom. The minimum atomic E-state index is -4.54. The van der Waals surface area contributed by atoms with E-state index < -0.39 is 11.7 Å². The van der Waals surface area contributed by atoms with Crippen molar-refractivity contribution in [3.63, 3.8) is 0 Å². The summed E-state index contributed by atoms with van der Waals surface area (Å²) in [7, 11) is 0. The largest absolute Gasteiger partial charge is 0.418 e. The molecule has 0 aliphatic heterocycles. The predicted molar refractivity (Wildman–Crippen MR) is 72.6 cm³/mol. The van der Waals surface area contributed by atoms with Crippen LogP contribution in [0, 0.1) is 5.92 Å². The number of rotatable bonds is 6. The fraction of sp³-hybridized carbons (Fsp3) is 0.500. The van der Waals surface area contributed by atoms with Crippen molar-refractivity contribution in [2.75, 3.05) is 24.3 Å². The molecule has 0 saturated heterocycles. The van der Waals surface area contributed by atoms with Crippen LogP contribution in [0.4, 0.5) is 24.5 Å². The first-order chi connectivity index (χ1) is 9.86. The number of amides is 1. The van der Waals surface area contributed by atoms with Gasteiger partial charge >= 0.3 is 6.18 Å². The van der Waals surface area contributed by atoms with E-state index >= 15 is 0 Å².